The van der Waals surface area contributed by atoms with Gasteiger partial charge in [0.2, 0.25) is 0 Å². The Hall–Kier alpha value is -2.24. The van der Waals surface area contributed by atoms with Gasteiger partial charge in [-0.15, -0.1) is 11.8 Å². The number of carbonyl (C=O) groups excluding carboxylic acids is 2. The van der Waals surface area contributed by atoms with E-state index < -0.39 is 11.8 Å². The van der Waals surface area contributed by atoms with Gasteiger partial charge in [0, 0.05) is 21.2 Å². The predicted octanol–water partition coefficient (Wildman–Crippen LogP) is 3.54. The molecule has 0 spiro atoms. The molecule has 0 aliphatic carbocycles. The summed E-state index contributed by atoms with van der Waals surface area (Å²) in [6.45, 7) is 0. The van der Waals surface area contributed by atoms with E-state index in [-0.39, 0.29) is 11.3 Å². The minimum Gasteiger partial charge on any atom is -0.350 e. The van der Waals surface area contributed by atoms with Crippen LogP contribution >= 0.6 is 23.4 Å². The van der Waals surface area contributed by atoms with Gasteiger partial charge in [0.15, 0.2) is 0 Å². The Morgan fingerprint density at radius 2 is 1.83 bits per heavy atom. The van der Waals surface area contributed by atoms with Crippen molar-refractivity contribution in [1.29, 1.82) is 0 Å². The number of halogens is 1. The summed E-state index contributed by atoms with van der Waals surface area (Å²) in [6.07, 6.45) is 1.97. The second-order valence-corrected chi connectivity index (χ2v) is 6.16. The third kappa shape index (κ3) is 3.11. The lowest BCUT2D eigenvalue weighted by atomic mass is 10.0. The Labute approximate surface area is 142 Å². The normalized spacial score (nSPS) is 14.2. The standard InChI is InChI=1S/C17H13ClN2O2S/c1-23-11-6-4-5-10(9-11)19-15-14(16(21)20-17(15)22)12-7-2-3-8-13(12)18/h2-9H,1H3,(H2,19,20,21,22). The molecular weight excluding hydrogens is 332 g/mol. The molecule has 23 heavy (non-hydrogen) atoms. The quantitative estimate of drug-likeness (QED) is 0.658. The van der Waals surface area contributed by atoms with E-state index in [1.165, 1.54) is 0 Å². The minimum absolute atomic E-state index is 0.210. The summed E-state index contributed by atoms with van der Waals surface area (Å²) < 4.78 is 0. The molecular formula is C17H13ClN2O2S. The van der Waals surface area contributed by atoms with Gasteiger partial charge < -0.3 is 5.32 Å². The fourth-order valence-electron chi connectivity index (χ4n) is 2.34. The molecule has 2 N–H and O–H groups in total. The number of imide groups is 1. The van der Waals surface area contributed by atoms with E-state index in [1.807, 2.05) is 30.5 Å². The van der Waals surface area contributed by atoms with Gasteiger partial charge in [-0.25, -0.2) is 0 Å². The summed E-state index contributed by atoms with van der Waals surface area (Å²) in [4.78, 5) is 25.4. The zero-order chi connectivity index (χ0) is 16.4. The first kappa shape index (κ1) is 15.6. The van der Waals surface area contributed by atoms with Crippen LogP contribution in [0.2, 0.25) is 5.02 Å². The average Bonchev–Trinajstić information content (AvgIpc) is 2.82. The predicted molar refractivity (Wildman–Crippen MR) is 93.4 cm³/mol. The highest BCUT2D eigenvalue weighted by molar-refractivity contribution is 7.98. The first-order valence-corrected chi connectivity index (χ1v) is 8.46. The monoisotopic (exact) mass is 344 g/mol. The fourth-order valence-corrected chi connectivity index (χ4v) is 3.03. The Morgan fingerprint density at radius 1 is 1.04 bits per heavy atom. The maximum absolute atomic E-state index is 12.2. The van der Waals surface area contributed by atoms with E-state index in [4.69, 9.17) is 11.6 Å². The summed E-state index contributed by atoms with van der Waals surface area (Å²) in [5, 5.41) is 5.78. The molecule has 1 heterocycles. The highest BCUT2D eigenvalue weighted by Gasteiger charge is 2.32. The van der Waals surface area contributed by atoms with Crippen LogP contribution < -0.4 is 10.6 Å². The molecule has 116 valence electrons. The van der Waals surface area contributed by atoms with Gasteiger partial charge in [-0.1, -0.05) is 35.9 Å². The first-order valence-electron chi connectivity index (χ1n) is 6.86. The molecule has 1 aliphatic heterocycles. The van der Waals surface area contributed by atoms with Gasteiger partial charge in [0.05, 0.1) is 5.57 Å². The maximum Gasteiger partial charge on any atom is 0.275 e. The second kappa shape index (κ2) is 6.48. The number of rotatable bonds is 4. The van der Waals surface area contributed by atoms with Crippen molar-refractivity contribution in [2.75, 3.05) is 11.6 Å². The van der Waals surface area contributed by atoms with Crippen molar-refractivity contribution in [2.24, 2.45) is 0 Å². The summed E-state index contributed by atoms with van der Waals surface area (Å²) >= 11 is 7.77. The molecule has 0 fully saturated rings. The van der Waals surface area contributed by atoms with E-state index >= 15 is 0 Å². The minimum atomic E-state index is -0.459. The molecule has 0 saturated carbocycles. The molecule has 0 radical (unpaired) electrons. The third-order valence-electron chi connectivity index (χ3n) is 3.41. The van der Waals surface area contributed by atoms with E-state index in [1.54, 1.807) is 36.0 Å². The van der Waals surface area contributed by atoms with Crippen LogP contribution in [0, 0.1) is 0 Å². The van der Waals surface area contributed by atoms with Gasteiger partial charge >= 0.3 is 0 Å². The van der Waals surface area contributed by atoms with E-state index in [2.05, 4.69) is 10.6 Å². The van der Waals surface area contributed by atoms with Crippen LogP contribution in [-0.2, 0) is 9.59 Å². The highest BCUT2D eigenvalue weighted by atomic mass is 35.5. The third-order valence-corrected chi connectivity index (χ3v) is 4.47. The van der Waals surface area contributed by atoms with E-state index in [9.17, 15) is 9.59 Å². The zero-order valence-electron chi connectivity index (χ0n) is 12.2. The van der Waals surface area contributed by atoms with Crippen LogP contribution in [0.1, 0.15) is 5.56 Å². The molecule has 0 unspecified atom stereocenters. The summed E-state index contributed by atoms with van der Waals surface area (Å²) in [5.41, 5.74) is 1.73. The number of nitrogens with one attached hydrogen (secondary N) is 2. The van der Waals surface area contributed by atoms with Crippen molar-refractivity contribution in [2.45, 2.75) is 4.90 Å². The Morgan fingerprint density at radius 3 is 2.57 bits per heavy atom. The summed E-state index contributed by atoms with van der Waals surface area (Å²) in [6, 6.07) is 14.6. The Bertz CT molecular complexity index is 833. The van der Waals surface area contributed by atoms with Gasteiger partial charge in [-0.05, 0) is 30.5 Å². The first-order chi connectivity index (χ1) is 11.1. The number of hydrogen-bond acceptors (Lipinski definition) is 4. The van der Waals surface area contributed by atoms with Crippen molar-refractivity contribution in [1.82, 2.24) is 5.32 Å². The zero-order valence-corrected chi connectivity index (χ0v) is 13.8. The molecule has 0 aromatic heterocycles. The Balaban J connectivity index is 2.07. The lowest BCUT2D eigenvalue weighted by Crippen LogP contribution is -2.24. The molecule has 2 aromatic carbocycles. The molecule has 0 bridgehead atoms. The largest absolute Gasteiger partial charge is 0.350 e. The van der Waals surface area contributed by atoms with Crippen molar-refractivity contribution in [3.05, 3.63) is 64.8 Å². The summed E-state index contributed by atoms with van der Waals surface area (Å²) in [7, 11) is 0. The van der Waals surface area contributed by atoms with Crippen molar-refractivity contribution < 1.29 is 9.59 Å². The summed E-state index contributed by atoms with van der Waals surface area (Å²) in [5.74, 6) is -0.911. The molecule has 0 atom stereocenters. The van der Waals surface area contributed by atoms with Crippen LogP contribution in [0.15, 0.2) is 59.1 Å². The molecule has 6 heteroatoms. The van der Waals surface area contributed by atoms with Gasteiger partial charge in [-0.2, -0.15) is 0 Å². The molecule has 3 rings (SSSR count). The number of benzene rings is 2. The van der Waals surface area contributed by atoms with Crippen molar-refractivity contribution in [3.63, 3.8) is 0 Å². The number of amides is 2. The van der Waals surface area contributed by atoms with Crippen LogP contribution in [-0.4, -0.2) is 18.1 Å². The average molecular weight is 345 g/mol. The highest BCUT2D eigenvalue weighted by Crippen LogP contribution is 2.30. The van der Waals surface area contributed by atoms with E-state index in [0.717, 1.165) is 10.6 Å². The van der Waals surface area contributed by atoms with Crippen LogP contribution in [0.5, 0.6) is 0 Å². The molecule has 2 aromatic rings. The van der Waals surface area contributed by atoms with Gasteiger partial charge in [-0.3, -0.25) is 14.9 Å². The van der Waals surface area contributed by atoms with Crippen LogP contribution in [0.4, 0.5) is 5.69 Å². The van der Waals surface area contributed by atoms with Gasteiger partial charge in [0.25, 0.3) is 11.8 Å². The Kier molecular flexibility index (Phi) is 4.41. The molecule has 0 saturated heterocycles. The number of thioether (sulfide) groups is 1. The number of hydrogen-bond donors (Lipinski definition) is 2. The van der Waals surface area contributed by atoms with Crippen molar-refractivity contribution >= 4 is 46.4 Å². The smallest absolute Gasteiger partial charge is 0.275 e. The molecule has 4 nitrogen and oxygen atoms in total. The fraction of sp³-hybridized carbons (Fsp3) is 0.0588. The molecule has 2 amide bonds. The van der Waals surface area contributed by atoms with Gasteiger partial charge in [0.1, 0.15) is 5.70 Å². The number of carbonyl (C=O) groups is 2. The molecule has 1 aliphatic rings. The van der Waals surface area contributed by atoms with Crippen molar-refractivity contribution in [3.8, 4) is 0 Å². The topological polar surface area (TPSA) is 58.2 Å². The van der Waals surface area contributed by atoms with E-state index in [0.29, 0.717) is 10.6 Å². The van der Waals surface area contributed by atoms with Crippen LogP contribution in [0.25, 0.3) is 5.57 Å². The maximum atomic E-state index is 12.2. The SMILES string of the molecule is CSc1cccc(NC2=C(c3ccccc3Cl)C(=O)NC2=O)c1. The second-order valence-electron chi connectivity index (χ2n) is 4.87. The van der Waals surface area contributed by atoms with Crippen LogP contribution in [0.3, 0.4) is 0 Å². The lowest BCUT2D eigenvalue weighted by molar-refractivity contribution is -0.123. The number of anilines is 1. The lowest BCUT2D eigenvalue weighted by Gasteiger charge is -2.09.